The van der Waals surface area contributed by atoms with E-state index in [1.807, 2.05) is 0 Å². The summed E-state index contributed by atoms with van der Waals surface area (Å²) in [6.45, 7) is 6.98. The lowest BCUT2D eigenvalue weighted by Gasteiger charge is -2.40. The number of hydrogen-bond donors (Lipinski definition) is 0. The molecule has 1 aliphatic carbocycles. The molecule has 0 N–H and O–H groups in total. The van der Waals surface area contributed by atoms with Crippen molar-refractivity contribution in [2.24, 2.45) is 11.3 Å². The van der Waals surface area contributed by atoms with E-state index in [-0.39, 0.29) is 6.10 Å². The maximum Gasteiger partial charge on any atom is 0.0843 e. The fourth-order valence-corrected chi connectivity index (χ4v) is 4.14. The molecule has 102 valence electrons. The lowest BCUT2D eigenvalue weighted by Crippen LogP contribution is -2.38. The van der Waals surface area contributed by atoms with Crippen LogP contribution in [0.25, 0.3) is 0 Å². The smallest absolute Gasteiger partial charge is 0.0843 e. The summed E-state index contributed by atoms with van der Waals surface area (Å²) in [5, 5.41) is 0. The van der Waals surface area contributed by atoms with E-state index in [0.717, 1.165) is 18.8 Å². The molecule has 1 saturated carbocycles. The van der Waals surface area contributed by atoms with Crippen molar-refractivity contribution in [3.8, 4) is 0 Å². The average molecular weight is 393 g/mol. The van der Waals surface area contributed by atoms with Crippen LogP contribution in [-0.4, -0.2) is 27.9 Å². The molecule has 1 aliphatic rings. The first kappa shape index (κ1) is 16.3. The van der Waals surface area contributed by atoms with E-state index in [2.05, 4.69) is 43.4 Å². The maximum absolute atomic E-state index is 6.18. The molecule has 0 aromatic heterocycles. The summed E-state index contributed by atoms with van der Waals surface area (Å²) in [5.41, 5.74) is 0.390. The minimum atomic E-state index is 0.0841. The van der Waals surface area contributed by atoms with E-state index in [1.54, 1.807) is 0 Å². The quantitative estimate of drug-likeness (QED) is 0.479. The highest BCUT2D eigenvalue weighted by molar-refractivity contribution is 14.1. The Hall–Kier alpha value is 1.27. The Bertz CT molecular complexity index is 235. The van der Waals surface area contributed by atoms with Crippen molar-refractivity contribution in [3.05, 3.63) is 0 Å². The van der Waals surface area contributed by atoms with Gasteiger partial charge in [0.05, 0.1) is 16.1 Å². The van der Waals surface area contributed by atoms with Gasteiger partial charge in [-0.2, -0.15) is 0 Å². The molecule has 1 rings (SSSR count). The predicted molar refractivity (Wildman–Crippen MR) is 84.7 cm³/mol. The molecule has 0 aromatic carbocycles. The summed E-state index contributed by atoms with van der Waals surface area (Å²) in [6, 6.07) is 0. The molecular weight excluding hydrogens is 370 g/mol. The fourth-order valence-electron chi connectivity index (χ4n) is 2.93. The lowest BCUT2D eigenvalue weighted by atomic mass is 9.71. The molecule has 0 amide bonds. The Morgan fingerprint density at radius 3 is 2.41 bits per heavy atom. The maximum atomic E-state index is 6.18. The van der Waals surface area contributed by atoms with Gasteiger partial charge in [-0.1, -0.05) is 43.4 Å². The molecule has 0 spiro atoms. The summed E-state index contributed by atoms with van der Waals surface area (Å²) in [4.78, 5) is 0. The van der Waals surface area contributed by atoms with Gasteiger partial charge < -0.3 is 4.74 Å². The van der Waals surface area contributed by atoms with Crippen LogP contribution in [-0.2, 0) is 4.74 Å². The monoisotopic (exact) mass is 392 g/mol. The highest BCUT2D eigenvalue weighted by Gasteiger charge is 2.34. The van der Waals surface area contributed by atoms with Crippen molar-refractivity contribution in [2.45, 2.75) is 56.2 Å². The standard InChI is InChI=1S/C13H23Cl2IO/c1-9-4-10(6-13(2,3)5-9)17-12(8-15)11(16)7-14/h9-12H,4-8H2,1-3H3. The third kappa shape index (κ3) is 5.42. The highest BCUT2D eigenvalue weighted by Crippen LogP contribution is 2.40. The molecule has 0 aliphatic heterocycles. The molecule has 4 heteroatoms. The molecule has 17 heavy (non-hydrogen) atoms. The van der Waals surface area contributed by atoms with Crippen molar-refractivity contribution in [3.63, 3.8) is 0 Å². The van der Waals surface area contributed by atoms with Gasteiger partial charge in [0.15, 0.2) is 0 Å². The number of rotatable bonds is 5. The second-order valence-corrected chi connectivity index (χ2v) is 8.25. The van der Waals surface area contributed by atoms with E-state index in [1.165, 1.54) is 6.42 Å². The van der Waals surface area contributed by atoms with E-state index in [0.29, 0.717) is 27.2 Å². The number of hydrogen-bond acceptors (Lipinski definition) is 1. The van der Waals surface area contributed by atoms with E-state index in [9.17, 15) is 0 Å². The van der Waals surface area contributed by atoms with Gasteiger partial charge in [0.25, 0.3) is 0 Å². The molecule has 1 fully saturated rings. The minimum Gasteiger partial charge on any atom is -0.373 e. The molecule has 0 heterocycles. The van der Waals surface area contributed by atoms with Gasteiger partial charge in [0, 0.05) is 11.8 Å². The molecule has 4 atom stereocenters. The molecule has 1 nitrogen and oxygen atoms in total. The lowest BCUT2D eigenvalue weighted by molar-refractivity contribution is -0.0546. The Morgan fingerprint density at radius 2 is 1.94 bits per heavy atom. The zero-order valence-corrected chi connectivity index (χ0v) is 14.6. The van der Waals surface area contributed by atoms with Crippen molar-refractivity contribution >= 4 is 45.8 Å². The van der Waals surface area contributed by atoms with Crippen molar-refractivity contribution in [2.75, 3.05) is 11.8 Å². The first-order valence-electron chi connectivity index (χ1n) is 6.29. The molecule has 0 radical (unpaired) electrons. The second kappa shape index (κ2) is 7.16. The van der Waals surface area contributed by atoms with Crippen LogP contribution in [0.3, 0.4) is 0 Å². The largest absolute Gasteiger partial charge is 0.373 e. The fraction of sp³-hybridized carbons (Fsp3) is 1.00. The molecule has 0 saturated heterocycles. The van der Waals surface area contributed by atoms with Gasteiger partial charge in [0.1, 0.15) is 0 Å². The molecule has 4 unspecified atom stereocenters. The topological polar surface area (TPSA) is 9.23 Å². The first-order valence-corrected chi connectivity index (χ1v) is 8.61. The number of halogens is 3. The summed E-state index contributed by atoms with van der Waals surface area (Å²) in [7, 11) is 0. The van der Waals surface area contributed by atoms with Crippen molar-refractivity contribution in [1.82, 2.24) is 0 Å². The number of ether oxygens (including phenoxy) is 1. The summed E-state index contributed by atoms with van der Waals surface area (Å²) >= 11 is 14.2. The molecule has 0 bridgehead atoms. The van der Waals surface area contributed by atoms with Crippen LogP contribution in [0.4, 0.5) is 0 Å². The summed E-state index contributed by atoms with van der Waals surface area (Å²) < 4.78 is 6.47. The van der Waals surface area contributed by atoms with Gasteiger partial charge in [-0.15, -0.1) is 23.2 Å². The minimum absolute atomic E-state index is 0.0841. The first-order chi connectivity index (χ1) is 7.88. The Labute approximate surface area is 129 Å². The zero-order valence-electron chi connectivity index (χ0n) is 10.9. The van der Waals surface area contributed by atoms with Crippen LogP contribution in [0.1, 0.15) is 40.0 Å². The molecular formula is C13H23Cl2IO. The predicted octanol–water partition coefficient (Wildman–Crippen LogP) is 4.87. The van der Waals surface area contributed by atoms with E-state index in [4.69, 9.17) is 27.9 Å². The van der Waals surface area contributed by atoms with Gasteiger partial charge in [-0.25, -0.2) is 0 Å². The van der Waals surface area contributed by atoms with Gasteiger partial charge in [-0.05, 0) is 30.6 Å². The Morgan fingerprint density at radius 1 is 1.29 bits per heavy atom. The Balaban J connectivity index is 2.54. The highest BCUT2D eigenvalue weighted by atomic mass is 127. The SMILES string of the molecule is CC1CC(OC(CCl)C(I)CCl)CC(C)(C)C1. The zero-order chi connectivity index (χ0) is 13.1. The molecule has 0 aromatic rings. The van der Waals surface area contributed by atoms with Crippen molar-refractivity contribution in [1.29, 1.82) is 0 Å². The van der Waals surface area contributed by atoms with Gasteiger partial charge in [0.2, 0.25) is 0 Å². The van der Waals surface area contributed by atoms with Gasteiger partial charge >= 0.3 is 0 Å². The average Bonchev–Trinajstić information content (AvgIpc) is 2.22. The Kier molecular flexibility index (Phi) is 6.87. The van der Waals surface area contributed by atoms with Crippen LogP contribution in [0.5, 0.6) is 0 Å². The van der Waals surface area contributed by atoms with E-state index < -0.39 is 0 Å². The van der Waals surface area contributed by atoms with Crippen LogP contribution >= 0.6 is 45.8 Å². The van der Waals surface area contributed by atoms with Crippen LogP contribution in [0, 0.1) is 11.3 Å². The van der Waals surface area contributed by atoms with Crippen LogP contribution < -0.4 is 0 Å². The van der Waals surface area contributed by atoms with Crippen LogP contribution in [0.15, 0.2) is 0 Å². The third-order valence-electron chi connectivity index (χ3n) is 3.42. The van der Waals surface area contributed by atoms with Gasteiger partial charge in [-0.3, -0.25) is 0 Å². The summed E-state index contributed by atoms with van der Waals surface area (Å²) in [6.07, 6.45) is 4.01. The normalized spacial score (nSPS) is 32.1. The summed E-state index contributed by atoms with van der Waals surface area (Å²) in [5.74, 6) is 1.87. The van der Waals surface area contributed by atoms with Crippen molar-refractivity contribution < 1.29 is 4.74 Å². The third-order valence-corrected chi connectivity index (χ3v) is 5.82. The van der Waals surface area contributed by atoms with Crippen LogP contribution in [0.2, 0.25) is 0 Å². The number of alkyl halides is 3. The second-order valence-electron chi connectivity index (χ2n) is 6.03. The van der Waals surface area contributed by atoms with E-state index >= 15 is 0 Å².